The van der Waals surface area contributed by atoms with Gasteiger partial charge in [-0.2, -0.15) is 0 Å². The van der Waals surface area contributed by atoms with Gasteiger partial charge in [-0.25, -0.2) is 8.78 Å². The second kappa shape index (κ2) is 4.75. The van der Waals surface area contributed by atoms with E-state index in [4.69, 9.17) is 0 Å². The molecule has 2 unspecified atom stereocenters. The molecule has 1 N–H and O–H groups in total. The van der Waals surface area contributed by atoms with Crippen molar-refractivity contribution in [3.05, 3.63) is 0 Å². The first kappa shape index (κ1) is 9.90. The zero-order chi connectivity index (χ0) is 8.97. The van der Waals surface area contributed by atoms with E-state index >= 15 is 0 Å². The molecule has 72 valence electrons. The Balaban J connectivity index is 2.42. The molecular weight excluding hydrogens is 160 g/mol. The summed E-state index contributed by atoms with van der Waals surface area (Å²) >= 11 is 0. The van der Waals surface area contributed by atoms with Gasteiger partial charge in [0.05, 0.1) is 6.04 Å². The highest BCUT2D eigenvalue weighted by Gasteiger charge is 2.24. The smallest absolute Gasteiger partial charge is 0.253 e. The summed E-state index contributed by atoms with van der Waals surface area (Å²) in [5.74, 6) is 0. The number of halogens is 2. The van der Waals surface area contributed by atoms with E-state index in [-0.39, 0.29) is 0 Å². The molecule has 0 aromatic rings. The van der Waals surface area contributed by atoms with Crippen LogP contribution in [0, 0.1) is 0 Å². The minimum Gasteiger partial charge on any atom is -0.306 e. The van der Waals surface area contributed by atoms with Gasteiger partial charge >= 0.3 is 0 Å². The minimum atomic E-state index is -2.20. The van der Waals surface area contributed by atoms with Gasteiger partial charge in [0.1, 0.15) is 0 Å². The van der Waals surface area contributed by atoms with Gasteiger partial charge in [-0.1, -0.05) is 19.8 Å². The molecule has 0 spiro atoms. The van der Waals surface area contributed by atoms with E-state index in [2.05, 4.69) is 5.32 Å². The second-order valence-corrected chi connectivity index (χ2v) is 3.50. The predicted octanol–water partition coefficient (Wildman–Crippen LogP) is 2.56. The number of hydrogen-bond acceptors (Lipinski definition) is 1. The molecule has 0 bridgehead atoms. The lowest BCUT2D eigenvalue weighted by molar-refractivity contribution is 0.0905. The van der Waals surface area contributed by atoms with Crippen LogP contribution in [0.2, 0.25) is 0 Å². The molecule has 1 heterocycles. The largest absolute Gasteiger partial charge is 0.306 e. The van der Waals surface area contributed by atoms with E-state index in [0.29, 0.717) is 12.5 Å². The van der Waals surface area contributed by atoms with Crippen molar-refractivity contribution in [1.82, 2.24) is 5.32 Å². The molecule has 1 rings (SSSR count). The van der Waals surface area contributed by atoms with Crippen LogP contribution in [0.15, 0.2) is 0 Å². The van der Waals surface area contributed by atoms with Crippen molar-refractivity contribution in [2.45, 2.75) is 57.5 Å². The Morgan fingerprint density at radius 3 is 2.58 bits per heavy atom. The molecule has 12 heavy (non-hydrogen) atoms. The molecule has 0 radical (unpaired) electrons. The van der Waals surface area contributed by atoms with E-state index in [1.165, 1.54) is 0 Å². The number of alkyl halides is 2. The molecule has 1 fully saturated rings. The van der Waals surface area contributed by atoms with Crippen LogP contribution in [0.5, 0.6) is 0 Å². The first-order valence-electron chi connectivity index (χ1n) is 4.78. The van der Waals surface area contributed by atoms with E-state index in [9.17, 15) is 8.78 Å². The fraction of sp³-hybridized carbons (Fsp3) is 1.00. The van der Waals surface area contributed by atoms with Crippen LogP contribution in [0.1, 0.15) is 39.0 Å². The van der Waals surface area contributed by atoms with Crippen LogP contribution in [0.25, 0.3) is 0 Å². The van der Waals surface area contributed by atoms with Crippen molar-refractivity contribution in [2.24, 2.45) is 0 Å². The Morgan fingerprint density at radius 1 is 1.33 bits per heavy atom. The Kier molecular flexibility index (Phi) is 3.92. The minimum absolute atomic E-state index is 0.312. The summed E-state index contributed by atoms with van der Waals surface area (Å²) in [4.78, 5) is 0. The first-order valence-corrected chi connectivity index (χ1v) is 4.78. The van der Waals surface area contributed by atoms with Gasteiger partial charge < -0.3 is 5.32 Å². The predicted molar refractivity (Wildman–Crippen MR) is 45.5 cm³/mol. The van der Waals surface area contributed by atoms with E-state index < -0.39 is 12.5 Å². The van der Waals surface area contributed by atoms with Gasteiger partial charge in [-0.05, 0) is 19.3 Å². The fourth-order valence-electron chi connectivity index (χ4n) is 1.75. The quantitative estimate of drug-likeness (QED) is 0.683. The van der Waals surface area contributed by atoms with Gasteiger partial charge in [0.2, 0.25) is 0 Å². The third kappa shape index (κ3) is 2.70. The molecule has 0 saturated carbocycles. The average molecular weight is 177 g/mol. The van der Waals surface area contributed by atoms with Crippen molar-refractivity contribution in [3.63, 3.8) is 0 Å². The average Bonchev–Trinajstić information content (AvgIpc) is 2.28. The molecule has 1 aliphatic rings. The number of hydrogen-bond donors (Lipinski definition) is 1. The lowest BCUT2D eigenvalue weighted by Crippen LogP contribution is -2.40. The van der Waals surface area contributed by atoms with Crippen molar-refractivity contribution < 1.29 is 8.78 Å². The van der Waals surface area contributed by atoms with Crippen LogP contribution < -0.4 is 5.32 Å². The molecule has 1 saturated heterocycles. The van der Waals surface area contributed by atoms with Crippen LogP contribution >= 0.6 is 0 Å². The van der Waals surface area contributed by atoms with Crippen LogP contribution in [-0.2, 0) is 0 Å². The molecular formula is C9H17F2N. The van der Waals surface area contributed by atoms with Gasteiger partial charge in [-0.3, -0.25) is 0 Å². The van der Waals surface area contributed by atoms with Crippen molar-refractivity contribution in [3.8, 4) is 0 Å². The molecule has 1 nitrogen and oxygen atoms in total. The fourth-order valence-corrected chi connectivity index (χ4v) is 1.75. The first-order chi connectivity index (χ1) is 5.74. The summed E-state index contributed by atoms with van der Waals surface area (Å²) in [6.45, 7) is 2.05. The van der Waals surface area contributed by atoms with Gasteiger partial charge in [0, 0.05) is 6.04 Å². The summed E-state index contributed by atoms with van der Waals surface area (Å²) in [6, 6.07) is -0.246. The summed E-state index contributed by atoms with van der Waals surface area (Å²) in [5, 5.41) is 3.02. The third-order valence-corrected chi connectivity index (χ3v) is 2.56. The Hall–Kier alpha value is -0.180. The third-order valence-electron chi connectivity index (χ3n) is 2.56. The summed E-state index contributed by atoms with van der Waals surface area (Å²) in [6.07, 6.45) is 2.49. The molecule has 1 aliphatic heterocycles. The molecule has 0 aromatic heterocycles. The highest BCUT2D eigenvalue weighted by atomic mass is 19.3. The van der Waals surface area contributed by atoms with Crippen molar-refractivity contribution >= 4 is 0 Å². The molecule has 0 aliphatic carbocycles. The van der Waals surface area contributed by atoms with Gasteiger partial charge in [0.15, 0.2) is 0 Å². The normalized spacial score (nSPS) is 32.0. The summed E-state index contributed by atoms with van der Waals surface area (Å²) in [7, 11) is 0. The highest BCUT2D eigenvalue weighted by molar-refractivity contribution is 4.79. The number of nitrogens with one attached hydrogen (secondary N) is 1. The van der Waals surface area contributed by atoms with Gasteiger partial charge in [-0.15, -0.1) is 0 Å². The summed E-state index contributed by atoms with van der Waals surface area (Å²) < 4.78 is 24.7. The topological polar surface area (TPSA) is 12.0 Å². The standard InChI is InChI=1S/C9H17F2N/c1-2-7-5-3-4-6-8(12-7)9(10)11/h7-9,12H,2-6H2,1H3. The molecule has 0 aromatic carbocycles. The molecule has 2 atom stereocenters. The zero-order valence-corrected chi connectivity index (χ0v) is 7.52. The van der Waals surface area contributed by atoms with Crippen molar-refractivity contribution in [1.29, 1.82) is 0 Å². The monoisotopic (exact) mass is 177 g/mol. The number of rotatable bonds is 2. The highest BCUT2D eigenvalue weighted by Crippen LogP contribution is 2.18. The van der Waals surface area contributed by atoms with E-state index in [1.54, 1.807) is 0 Å². The zero-order valence-electron chi connectivity index (χ0n) is 7.52. The lowest BCUT2D eigenvalue weighted by Gasteiger charge is -2.20. The Labute approximate surface area is 72.5 Å². The van der Waals surface area contributed by atoms with Crippen LogP contribution in [0.4, 0.5) is 8.78 Å². The maximum Gasteiger partial charge on any atom is 0.253 e. The lowest BCUT2D eigenvalue weighted by atomic mass is 10.1. The van der Waals surface area contributed by atoms with E-state index in [1.807, 2.05) is 6.92 Å². The molecule has 0 amide bonds. The second-order valence-electron chi connectivity index (χ2n) is 3.50. The Morgan fingerprint density at radius 2 is 2.00 bits per heavy atom. The molecule has 3 heteroatoms. The SMILES string of the molecule is CCC1CCCCC(C(F)F)N1. The van der Waals surface area contributed by atoms with Gasteiger partial charge in [0.25, 0.3) is 6.43 Å². The van der Waals surface area contributed by atoms with Crippen LogP contribution in [-0.4, -0.2) is 18.5 Å². The van der Waals surface area contributed by atoms with E-state index in [0.717, 1.165) is 25.7 Å². The van der Waals surface area contributed by atoms with Crippen molar-refractivity contribution in [2.75, 3.05) is 0 Å². The Bertz CT molecular complexity index is 128. The van der Waals surface area contributed by atoms with Crippen LogP contribution in [0.3, 0.4) is 0 Å². The maximum absolute atomic E-state index is 12.3. The maximum atomic E-state index is 12.3. The summed E-state index contributed by atoms with van der Waals surface area (Å²) in [5.41, 5.74) is 0.